The van der Waals surface area contributed by atoms with Crippen LogP contribution in [0.2, 0.25) is 5.02 Å². The van der Waals surface area contributed by atoms with Crippen LogP contribution in [0, 0.1) is 11.6 Å². The zero-order valence-electron chi connectivity index (χ0n) is 9.89. The molecule has 0 saturated heterocycles. The summed E-state index contributed by atoms with van der Waals surface area (Å²) in [5.41, 5.74) is 1.43. The number of halogens is 4. The summed E-state index contributed by atoms with van der Waals surface area (Å²) >= 11 is 9.29. The van der Waals surface area contributed by atoms with E-state index >= 15 is 0 Å². The maximum Gasteiger partial charge on any atom is 0.130 e. The fourth-order valence-corrected chi connectivity index (χ4v) is 2.11. The molecule has 0 radical (unpaired) electrons. The van der Waals surface area contributed by atoms with Crippen molar-refractivity contribution in [1.82, 2.24) is 5.32 Å². The molecule has 2 rings (SSSR count). The van der Waals surface area contributed by atoms with Gasteiger partial charge in [-0.15, -0.1) is 0 Å². The highest BCUT2D eigenvalue weighted by atomic mass is 79.9. The molecular formula is C14H11BrClF2N. The normalized spacial score (nSPS) is 10.7. The van der Waals surface area contributed by atoms with Gasteiger partial charge < -0.3 is 5.32 Å². The monoisotopic (exact) mass is 345 g/mol. The average molecular weight is 347 g/mol. The quantitative estimate of drug-likeness (QED) is 0.848. The third kappa shape index (κ3) is 4.00. The molecule has 2 aromatic carbocycles. The minimum atomic E-state index is -0.569. The van der Waals surface area contributed by atoms with Gasteiger partial charge in [0.25, 0.3) is 0 Å². The van der Waals surface area contributed by atoms with E-state index in [0.717, 1.165) is 16.1 Å². The first-order valence-electron chi connectivity index (χ1n) is 5.65. The highest BCUT2D eigenvalue weighted by molar-refractivity contribution is 9.10. The first kappa shape index (κ1) is 14.4. The summed E-state index contributed by atoms with van der Waals surface area (Å²) in [5.74, 6) is -1.11. The average Bonchev–Trinajstić information content (AvgIpc) is 2.36. The van der Waals surface area contributed by atoms with Crippen molar-refractivity contribution >= 4 is 27.5 Å². The Labute approximate surface area is 123 Å². The highest BCUT2D eigenvalue weighted by Crippen LogP contribution is 2.23. The van der Waals surface area contributed by atoms with Crippen LogP contribution < -0.4 is 5.32 Å². The Balaban J connectivity index is 1.94. The molecule has 1 nitrogen and oxygen atoms in total. The fourth-order valence-electron chi connectivity index (χ4n) is 1.66. The van der Waals surface area contributed by atoms with Crippen LogP contribution in [0.5, 0.6) is 0 Å². The second-order valence-corrected chi connectivity index (χ2v) is 5.35. The predicted molar refractivity (Wildman–Crippen MR) is 76.1 cm³/mol. The van der Waals surface area contributed by atoms with Gasteiger partial charge in [0.1, 0.15) is 11.6 Å². The fraction of sp³-hybridized carbons (Fsp3) is 0.143. The predicted octanol–water partition coefficient (Wildman–Crippen LogP) is 4.67. The van der Waals surface area contributed by atoms with Crippen molar-refractivity contribution in [2.24, 2.45) is 0 Å². The van der Waals surface area contributed by atoms with E-state index in [1.54, 1.807) is 0 Å². The second-order valence-electron chi connectivity index (χ2n) is 4.09. The third-order valence-electron chi connectivity index (χ3n) is 2.64. The van der Waals surface area contributed by atoms with Crippen LogP contribution in [-0.4, -0.2) is 0 Å². The van der Waals surface area contributed by atoms with Crippen molar-refractivity contribution < 1.29 is 8.78 Å². The van der Waals surface area contributed by atoms with Gasteiger partial charge in [-0.2, -0.15) is 0 Å². The number of hydrogen-bond acceptors (Lipinski definition) is 1. The molecule has 1 N–H and O–H groups in total. The summed E-state index contributed by atoms with van der Waals surface area (Å²) in [4.78, 5) is 0. The molecular weight excluding hydrogens is 336 g/mol. The molecule has 0 aliphatic rings. The van der Waals surface area contributed by atoms with Crippen LogP contribution >= 0.6 is 27.5 Å². The lowest BCUT2D eigenvalue weighted by Crippen LogP contribution is -2.13. The molecule has 0 fully saturated rings. The second kappa shape index (κ2) is 6.46. The zero-order valence-corrected chi connectivity index (χ0v) is 12.2. The van der Waals surface area contributed by atoms with E-state index < -0.39 is 11.6 Å². The summed E-state index contributed by atoms with van der Waals surface area (Å²) in [5, 5.41) is 3.72. The summed E-state index contributed by atoms with van der Waals surface area (Å²) in [7, 11) is 0. The Morgan fingerprint density at radius 2 is 1.84 bits per heavy atom. The van der Waals surface area contributed by atoms with E-state index in [-0.39, 0.29) is 0 Å². The zero-order chi connectivity index (χ0) is 13.8. The first-order valence-corrected chi connectivity index (χ1v) is 6.82. The van der Waals surface area contributed by atoms with Gasteiger partial charge in [0, 0.05) is 29.2 Å². The van der Waals surface area contributed by atoms with Gasteiger partial charge >= 0.3 is 0 Å². The molecule has 0 atom stereocenters. The van der Waals surface area contributed by atoms with Gasteiger partial charge in [0.2, 0.25) is 0 Å². The number of benzene rings is 2. The minimum absolute atomic E-state index is 0.333. The Morgan fingerprint density at radius 1 is 1.05 bits per heavy atom. The number of nitrogens with one attached hydrogen (secondary N) is 1. The summed E-state index contributed by atoms with van der Waals surface area (Å²) in [6.45, 7) is 0.892. The first-order chi connectivity index (χ1) is 9.06. The maximum atomic E-state index is 13.4. The van der Waals surface area contributed by atoms with E-state index in [1.165, 1.54) is 12.1 Å². The van der Waals surface area contributed by atoms with Crippen molar-refractivity contribution in [3.05, 3.63) is 68.7 Å². The summed E-state index contributed by atoms with van der Waals surface area (Å²) < 4.78 is 27.0. The van der Waals surface area contributed by atoms with Gasteiger partial charge in [-0.25, -0.2) is 8.78 Å². The van der Waals surface area contributed by atoms with Crippen molar-refractivity contribution in [3.63, 3.8) is 0 Å². The minimum Gasteiger partial charge on any atom is -0.309 e. The van der Waals surface area contributed by atoms with E-state index in [4.69, 9.17) is 11.6 Å². The summed E-state index contributed by atoms with van der Waals surface area (Å²) in [6, 6.07) is 9.18. The van der Waals surface area contributed by atoms with E-state index in [9.17, 15) is 8.78 Å². The largest absolute Gasteiger partial charge is 0.309 e. The number of hydrogen-bond donors (Lipinski definition) is 1. The van der Waals surface area contributed by atoms with E-state index in [1.807, 2.05) is 18.2 Å². The molecule has 0 aliphatic heterocycles. The van der Waals surface area contributed by atoms with Crippen molar-refractivity contribution in [3.8, 4) is 0 Å². The standard InChI is InChI=1S/C14H11BrClF2N/c15-12-4-1-9(5-13(12)16)7-19-8-10-2-3-11(17)6-14(10)18/h1-6,19H,7-8H2. The maximum absolute atomic E-state index is 13.4. The lowest BCUT2D eigenvalue weighted by Gasteiger charge is -2.07. The van der Waals surface area contributed by atoms with Crippen LogP contribution in [0.25, 0.3) is 0 Å². The van der Waals surface area contributed by atoms with E-state index in [2.05, 4.69) is 21.2 Å². The molecule has 0 unspecified atom stereocenters. The van der Waals surface area contributed by atoms with Crippen LogP contribution in [0.3, 0.4) is 0 Å². The SMILES string of the molecule is Fc1ccc(CNCc2ccc(Br)c(Cl)c2)c(F)c1. The smallest absolute Gasteiger partial charge is 0.130 e. The van der Waals surface area contributed by atoms with Gasteiger partial charge in [0.05, 0.1) is 5.02 Å². The van der Waals surface area contributed by atoms with Crippen LogP contribution in [0.1, 0.15) is 11.1 Å². The Kier molecular flexibility index (Phi) is 4.91. The topological polar surface area (TPSA) is 12.0 Å². The lowest BCUT2D eigenvalue weighted by molar-refractivity contribution is 0.560. The Bertz CT molecular complexity index is 590. The lowest BCUT2D eigenvalue weighted by atomic mass is 10.2. The van der Waals surface area contributed by atoms with Gasteiger partial charge in [0.15, 0.2) is 0 Å². The van der Waals surface area contributed by atoms with Crippen LogP contribution in [0.15, 0.2) is 40.9 Å². The molecule has 0 bridgehead atoms. The third-order valence-corrected chi connectivity index (χ3v) is 3.88. The van der Waals surface area contributed by atoms with Crippen molar-refractivity contribution in [1.29, 1.82) is 0 Å². The molecule has 5 heteroatoms. The van der Waals surface area contributed by atoms with Gasteiger partial charge in [-0.05, 0) is 39.7 Å². The van der Waals surface area contributed by atoms with Crippen molar-refractivity contribution in [2.45, 2.75) is 13.1 Å². The van der Waals surface area contributed by atoms with Crippen molar-refractivity contribution in [2.75, 3.05) is 0 Å². The molecule has 0 amide bonds. The van der Waals surface area contributed by atoms with Crippen LogP contribution in [0.4, 0.5) is 8.78 Å². The van der Waals surface area contributed by atoms with Crippen LogP contribution in [-0.2, 0) is 13.1 Å². The molecule has 0 aliphatic carbocycles. The molecule has 100 valence electrons. The Hall–Kier alpha value is -0.970. The Morgan fingerprint density at radius 3 is 2.53 bits per heavy atom. The summed E-state index contributed by atoms with van der Waals surface area (Å²) in [6.07, 6.45) is 0. The van der Waals surface area contributed by atoms with E-state index in [0.29, 0.717) is 23.7 Å². The molecule has 2 aromatic rings. The molecule has 0 aromatic heterocycles. The highest BCUT2D eigenvalue weighted by Gasteiger charge is 2.04. The van der Waals surface area contributed by atoms with Gasteiger partial charge in [-0.3, -0.25) is 0 Å². The molecule has 19 heavy (non-hydrogen) atoms. The number of rotatable bonds is 4. The molecule has 0 saturated carbocycles. The molecule has 0 spiro atoms. The van der Waals surface area contributed by atoms with Gasteiger partial charge in [-0.1, -0.05) is 23.7 Å². The molecule has 0 heterocycles.